The highest BCUT2D eigenvalue weighted by Gasteiger charge is 2.17. The number of aliphatic hydroxyl groups excluding tert-OH is 2. The van der Waals surface area contributed by atoms with Gasteiger partial charge < -0.3 is 20.7 Å². The number of esters is 1. The first-order chi connectivity index (χ1) is 6.47. The van der Waals surface area contributed by atoms with Crippen molar-refractivity contribution in [3.8, 4) is 0 Å². The lowest BCUT2D eigenvalue weighted by atomic mass is 10.1. The lowest BCUT2D eigenvalue weighted by Gasteiger charge is -2.14. The quantitative estimate of drug-likeness (QED) is 0.496. The van der Waals surface area contributed by atoms with E-state index in [4.69, 9.17) is 15.9 Å². The number of rotatable bonds is 6. The number of aliphatic hydroxyl groups is 2. The fourth-order valence-electron chi connectivity index (χ4n) is 0.942. The summed E-state index contributed by atoms with van der Waals surface area (Å²) in [5.74, 6) is -0.216. The van der Waals surface area contributed by atoms with E-state index in [0.717, 1.165) is 0 Å². The second kappa shape index (κ2) is 6.75. The van der Waals surface area contributed by atoms with Gasteiger partial charge in [0, 0.05) is 0 Å². The molecule has 0 aromatic rings. The van der Waals surface area contributed by atoms with E-state index in [1.165, 1.54) is 0 Å². The second-order valence-corrected chi connectivity index (χ2v) is 3.70. The molecular formula is C9H19NO4. The summed E-state index contributed by atoms with van der Waals surface area (Å²) < 4.78 is 4.68. The molecule has 0 fully saturated rings. The van der Waals surface area contributed by atoms with E-state index < -0.39 is 24.7 Å². The number of carbonyl (C=O) groups excluding carboxylic acids is 1. The number of ether oxygens (including phenoxy) is 1. The molecule has 1 unspecified atom stereocenters. The summed E-state index contributed by atoms with van der Waals surface area (Å²) in [6.45, 7) is 3.28. The summed E-state index contributed by atoms with van der Waals surface area (Å²) in [4.78, 5) is 11.2. The van der Waals surface area contributed by atoms with Gasteiger partial charge in [0.05, 0.1) is 6.61 Å². The molecule has 0 saturated heterocycles. The van der Waals surface area contributed by atoms with Crippen LogP contribution in [-0.2, 0) is 9.53 Å². The lowest BCUT2D eigenvalue weighted by molar-refractivity contribution is -0.149. The van der Waals surface area contributed by atoms with Crippen LogP contribution >= 0.6 is 0 Å². The molecule has 0 aliphatic heterocycles. The van der Waals surface area contributed by atoms with Gasteiger partial charge in [0.2, 0.25) is 0 Å². The SMILES string of the molecule is CC(C)C[C@H](N)C(=O)OCC(O)CO. The van der Waals surface area contributed by atoms with Crippen LogP contribution in [0.15, 0.2) is 0 Å². The topological polar surface area (TPSA) is 92.8 Å². The minimum Gasteiger partial charge on any atom is -0.462 e. The largest absolute Gasteiger partial charge is 0.462 e. The van der Waals surface area contributed by atoms with Crippen LogP contribution in [0.4, 0.5) is 0 Å². The smallest absolute Gasteiger partial charge is 0.323 e. The fourth-order valence-corrected chi connectivity index (χ4v) is 0.942. The molecule has 0 heterocycles. The van der Waals surface area contributed by atoms with Crippen molar-refractivity contribution in [1.82, 2.24) is 0 Å². The third-order valence-electron chi connectivity index (χ3n) is 1.66. The van der Waals surface area contributed by atoms with Crippen molar-refractivity contribution in [3.05, 3.63) is 0 Å². The Balaban J connectivity index is 3.73. The Bertz CT molecular complexity index is 172. The van der Waals surface area contributed by atoms with Crippen LogP contribution in [0.2, 0.25) is 0 Å². The number of nitrogens with two attached hydrogens (primary N) is 1. The normalized spacial score (nSPS) is 15.3. The molecule has 0 aliphatic rings. The lowest BCUT2D eigenvalue weighted by Crippen LogP contribution is -2.35. The zero-order valence-corrected chi connectivity index (χ0v) is 8.64. The zero-order valence-electron chi connectivity index (χ0n) is 8.64. The van der Waals surface area contributed by atoms with Crippen molar-refractivity contribution in [2.45, 2.75) is 32.4 Å². The molecule has 5 nitrogen and oxygen atoms in total. The van der Waals surface area contributed by atoms with Gasteiger partial charge in [-0.1, -0.05) is 13.8 Å². The van der Waals surface area contributed by atoms with Crippen LogP contribution in [0, 0.1) is 5.92 Å². The van der Waals surface area contributed by atoms with Crippen molar-refractivity contribution in [2.24, 2.45) is 11.7 Å². The number of hydrogen-bond donors (Lipinski definition) is 3. The zero-order chi connectivity index (χ0) is 11.1. The highest BCUT2D eigenvalue weighted by atomic mass is 16.5. The first-order valence-electron chi connectivity index (χ1n) is 4.68. The minimum atomic E-state index is -1.02. The van der Waals surface area contributed by atoms with Crippen LogP contribution in [0.25, 0.3) is 0 Å². The summed E-state index contributed by atoms with van der Waals surface area (Å²) in [6.07, 6.45) is -0.473. The molecule has 2 atom stereocenters. The first kappa shape index (κ1) is 13.4. The summed E-state index contributed by atoms with van der Waals surface area (Å²) in [5.41, 5.74) is 5.53. The predicted octanol–water partition coefficient (Wildman–Crippen LogP) is -0.744. The summed E-state index contributed by atoms with van der Waals surface area (Å²) in [6, 6.07) is -0.652. The van der Waals surface area contributed by atoms with Gasteiger partial charge >= 0.3 is 5.97 Å². The number of hydrogen-bond acceptors (Lipinski definition) is 5. The highest BCUT2D eigenvalue weighted by Crippen LogP contribution is 2.04. The molecule has 14 heavy (non-hydrogen) atoms. The Kier molecular flexibility index (Phi) is 6.44. The van der Waals surface area contributed by atoms with E-state index in [0.29, 0.717) is 12.3 Å². The molecule has 0 saturated carbocycles. The third-order valence-corrected chi connectivity index (χ3v) is 1.66. The van der Waals surface area contributed by atoms with E-state index in [1.54, 1.807) is 0 Å². The predicted molar refractivity (Wildman–Crippen MR) is 51.5 cm³/mol. The van der Waals surface area contributed by atoms with Crippen molar-refractivity contribution in [2.75, 3.05) is 13.2 Å². The Hall–Kier alpha value is -0.650. The number of carbonyl (C=O) groups is 1. The van der Waals surface area contributed by atoms with Crippen molar-refractivity contribution in [1.29, 1.82) is 0 Å². The Morgan fingerprint density at radius 2 is 2.07 bits per heavy atom. The van der Waals surface area contributed by atoms with Crippen LogP contribution in [0.5, 0.6) is 0 Å². The second-order valence-electron chi connectivity index (χ2n) is 3.70. The minimum absolute atomic E-state index is 0.207. The van der Waals surface area contributed by atoms with Gasteiger partial charge in [-0.05, 0) is 12.3 Å². The molecule has 5 heteroatoms. The maximum atomic E-state index is 11.2. The summed E-state index contributed by atoms with van der Waals surface area (Å²) in [7, 11) is 0. The van der Waals surface area contributed by atoms with Gasteiger partial charge in [-0.3, -0.25) is 4.79 Å². The first-order valence-corrected chi connectivity index (χ1v) is 4.68. The summed E-state index contributed by atoms with van der Waals surface area (Å²) in [5, 5.41) is 17.4. The Morgan fingerprint density at radius 1 is 1.50 bits per heavy atom. The molecule has 4 N–H and O–H groups in total. The monoisotopic (exact) mass is 205 g/mol. The van der Waals surface area contributed by atoms with Gasteiger partial charge in [-0.2, -0.15) is 0 Å². The fraction of sp³-hybridized carbons (Fsp3) is 0.889. The molecule has 0 bridgehead atoms. The van der Waals surface area contributed by atoms with Crippen LogP contribution < -0.4 is 5.73 Å². The average molecular weight is 205 g/mol. The van der Waals surface area contributed by atoms with Gasteiger partial charge in [-0.15, -0.1) is 0 Å². The third kappa shape index (κ3) is 5.90. The molecule has 0 aromatic heterocycles. The molecule has 0 amide bonds. The van der Waals surface area contributed by atoms with Crippen molar-refractivity contribution < 1.29 is 19.7 Å². The van der Waals surface area contributed by atoms with Gasteiger partial charge in [0.15, 0.2) is 0 Å². The molecule has 0 radical (unpaired) electrons. The van der Waals surface area contributed by atoms with Gasteiger partial charge in [0.1, 0.15) is 18.8 Å². The summed E-state index contributed by atoms with van der Waals surface area (Å²) >= 11 is 0. The maximum absolute atomic E-state index is 11.2. The van der Waals surface area contributed by atoms with Crippen molar-refractivity contribution >= 4 is 5.97 Å². The van der Waals surface area contributed by atoms with Crippen molar-refractivity contribution in [3.63, 3.8) is 0 Å². The molecular weight excluding hydrogens is 186 g/mol. The van der Waals surface area contributed by atoms with E-state index in [1.807, 2.05) is 13.8 Å². The van der Waals surface area contributed by atoms with Crippen LogP contribution in [0.3, 0.4) is 0 Å². The standard InChI is InChI=1S/C9H19NO4/c1-6(2)3-8(10)9(13)14-5-7(12)4-11/h6-8,11-12H,3-5,10H2,1-2H3/t7?,8-/m0/s1. The maximum Gasteiger partial charge on any atom is 0.323 e. The molecule has 0 spiro atoms. The van der Waals surface area contributed by atoms with E-state index in [-0.39, 0.29) is 6.61 Å². The average Bonchev–Trinajstić information content (AvgIpc) is 2.12. The Labute approximate surface area is 83.9 Å². The molecule has 0 aromatic carbocycles. The van der Waals surface area contributed by atoms with Gasteiger partial charge in [0.25, 0.3) is 0 Å². The van der Waals surface area contributed by atoms with Gasteiger partial charge in [-0.25, -0.2) is 0 Å². The molecule has 0 aliphatic carbocycles. The van der Waals surface area contributed by atoms with Crippen LogP contribution in [0.1, 0.15) is 20.3 Å². The molecule has 0 rings (SSSR count). The van der Waals surface area contributed by atoms with E-state index in [2.05, 4.69) is 4.74 Å². The Morgan fingerprint density at radius 3 is 2.50 bits per heavy atom. The molecule has 84 valence electrons. The highest BCUT2D eigenvalue weighted by molar-refractivity contribution is 5.75. The van der Waals surface area contributed by atoms with Crippen LogP contribution in [-0.4, -0.2) is 41.5 Å². The van der Waals surface area contributed by atoms with E-state index >= 15 is 0 Å². The van der Waals surface area contributed by atoms with E-state index in [9.17, 15) is 4.79 Å².